The zero-order chi connectivity index (χ0) is 12.5. The monoisotopic (exact) mass is 244 g/mol. The maximum absolute atomic E-state index is 12.7. The summed E-state index contributed by atoms with van der Waals surface area (Å²) in [5.74, 6) is -0.108. The lowest BCUT2D eigenvalue weighted by Crippen LogP contribution is -2.07. The van der Waals surface area contributed by atoms with Gasteiger partial charge in [0, 0.05) is 12.4 Å². The van der Waals surface area contributed by atoms with E-state index in [0.717, 1.165) is 18.5 Å². The highest BCUT2D eigenvalue weighted by Gasteiger charge is 2.35. The minimum Gasteiger partial charge on any atom is -0.334 e. The van der Waals surface area contributed by atoms with Gasteiger partial charge in [0.05, 0.1) is 17.7 Å². The molecule has 2 N–H and O–H groups in total. The van der Waals surface area contributed by atoms with Crippen LogP contribution in [0.4, 0.5) is 13.2 Å². The summed E-state index contributed by atoms with van der Waals surface area (Å²) in [6.07, 6.45) is -2.43. The summed E-state index contributed by atoms with van der Waals surface area (Å²) in [5.41, 5.74) is 4.11. The van der Waals surface area contributed by atoms with E-state index in [1.54, 1.807) is 0 Å². The second kappa shape index (κ2) is 4.13. The van der Waals surface area contributed by atoms with Gasteiger partial charge in [0.25, 0.3) is 5.89 Å². The first-order valence-corrected chi connectivity index (χ1v) is 4.56. The summed E-state index contributed by atoms with van der Waals surface area (Å²) >= 11 is 0. The molecule has 2 aromatic heterocycles. The second-order valence-electron chi connectivity index (χ2n) is 3.14. The van der Waals surface area contributed by atoms with Crippen molar-refractivity contribution < 1.29 is 17.7 Å². The maximum Gasteiger partial charge on any atom is 0.417 e. The Morgan fingerprint density at radius 1 is 1.35 bits per heavy atom. The van der Waals surface area contributed by atoms with Gasteiger partial charge in [-0.1, -0.05) is 5.16 Å². The number of hydrogen-bond donors (Lipinski definition) is 1. The zero-order valence-electron chi connectivity index (χ0n) is 8.40. The summed E-state index contributed by atoms with van der Waals surface area (Å²) in [7, 11) is 0. The molecule has 5 nitrogen and oxygen atoms in total. The Morgan fingerprint density at radius 2 is 2.12 bits per heavy atom. The van der Waals surface area contributed by atoms with E-state index in [1.807, 2.05) is 0 Å². The van der Waals surface area contributed by atoms with E-state index in [0.29, 0.717) is 0 Å². The summed E-state index contributed by atoms with van der Waals surface area (Å²) in [6.45, 7) is -0.00882. The Balaban J connectivity index is 2.52. The number of hydrogen-bond acceptors (Lipinski definition) is 5. The largest absolute Gasteiger partial charge is 0.417 e. The molecule has 0 radical (unpaired) electrons. The van der Waals surface area contributed by atoms with Crippen molar-refractivity contribution in [2.45, 2.75) is 12.7 Å². The van der Waals surface area contributed by atoms with Crippen molar-refractivity contribution in [3.05, 3.63) is 29.8 Å². The third-order valence-corrected chi connectivity index (χ3v) is 2.01. The Bertz CT molecular complexity index is 523. The number of alkyl halides is 3. The second-order valence-corrected chi connectivity index (χ2v) is 3.14. The molecule has 0 bridgehead atoms. The topological polar surface area (TPSA) is 77.8 Å². The van der Waals surface area contributed by atoms with Gasteiger partial charge in [-0.25, -0.2) is 0 Å². The van der Waals surface area contributed by atoms with Crippen molar-refractivity contribution in [3.63, 3.8) is 0 Å². The van der Waals surface area contributed by atoms with Gasteiger partial charge in [0.15, 0.2) is 5.82 Å². The van der Waals surface area contributed by atoms with Crippen LogP contribution in [0.5, 0.6) is 0 Å². The van der Waals surface area contributed by atoms with Crippen LogP contribution < -0.4 is 5.73 Å². The number of nitrogens with two attached hydrogens (primary N) is 1. The summed E-state index contributed by atoms with van der Waals surface area (Å²) in [4.78, 5) is 7.34. The van der Waals surface area contributed by atoms with Crippen LogP contribution in [0, 0.1) is 0 Å². The molecule has 8 heteroatoms. The molecule has 0 unspecified atom stereocenters. The van der Waals surface area contributed by atoms with Gasteiger partial charge in [-0.2, -0.15) is 18.2 Å². The number of nitrogens with zero attached hydrogens (tertiary/aromatic N) is 3. The third kappa shape index (κ3) is 2.26. The Labute approximate surface area is 93.5 Å². The molecule has 0 amide bonds. The lowest BCUT2D eigenvalue weighted by molar-refractivity contribution is -0.137. The van der Waals surface area contributed by atoms with E-state index in [-0.39, 0.29) is 23.8 Å². The molecule has 0 aliphatic carbocycles. The Kier molecular flexibility index (Phi) is 2.80. The van der Waals surface area contributed by atoms with Crippen molar-refractivity contribution in [1.29, 1.82) is 0 Å². The van der Waals surface area contributed by atoms with Gasteiger partial charge >= 0.3 is 6.18 Å². The molecule has 17 heavy (non-hydrogen) atoms. The summed E-state index contributed by atoms with van der Waals surface area (Å²) in [6, 6.07) is 0.849. The van der Waals surface area contributed by atoms with Crippen LogP contribution in [-0.4, -0.2) is 15.1 Å². The highest BCUT2D eigenvalue weighted by Crippen LogP contribution is 2.35. The minimum absolute atomic E-state index is 0.00882. The van der Waals surface area contributed by atoms with E-state index in [2.05, 4.69) is 15.1 Å². The van der Waals surface area contributed by atoms with E-state index in [4.69, 9.17) is 10.3 Å². The molecule has 0 saturated heterocycles. The van der Waals surface area contributed by atoms with Crippen molar-refractivity contribution in [2.75, 3.05) is 0 Å². The number of pyridine rings is 1. The average molecular weight is 244 g/mol. The smallest absolute Gasteiger partial charge is 0.334 e. The van der Waals surface area contributed by atoms with Crippen molar-refractivity contribution >= 4 is 0 Å². The van der Waals surface area contributed by atoms with E-state index in [9.17, 15) is 13.2 Å². The Morgan fingerprint density at radius 3 is 2.71 bits per heavy atom. The lowest BCUT2D eigenvalue weighted by Gasteiger charge is -2.08. The van der Waals surface area contributed by atoms with Crippen LogP contribution in [0.2, 0.25) is 0 Å². The summed E-state index contributed by atoms with van der Waals surface area (Å²) in [5, 5.41) is 3.43. The van der Waals surface area contributed by atoms with E-state index in [1.165, 1.54) is 0 Å². The molecule has 90 valence electrons. The fourth-order valence-electron chi connectivity index (χ4n) is 1.26. The molecule has 0 fully saturated rings. The molecular weight excluding hydrogens is 237 g/mol. The van der Waals surface area contributed by atoms with Crippen LogP contribution in [0.3, 0.4) is 0 Å². The van der Waals surface area contributed by atoms with Crippen LogP contribution in [0.1, 0.15) is 11.4 Å². The molecule has 2 rings (SSSR count). The van der Waals surface area contributed by atoms with E-state index < -0.39 is 11.7 Å². The van der Waals surface area contributed by atoms with Crippen LogP contribution in [0.15, 0.2) is 23.0 Å². The van der Waals surface area contributed by atoms with Crippen molar-refractivity contribution in [3.8, 4) is 11.5 Å². The molecule has 2 heterocycles. The molecular formula is C9H7F3N4O. The SMILES string of the molecule is NCc1noc(-c2cnccc2C(F)(F)F)n1. The average Bonchev–Trinajstić information content (AvgIpc) is 2.76. The molecule has 2 aromatic rings. The van der Waals surface area contributed by atoms with Crippen molar-refractivity contribution in [1.82, 2.24) is 15.1 Å². The predicted molar refractivity (Wildman–Crippen MR) is 50.4 cm³/mol. The first kappa shape index (κ1) is 11.5. The van der Waals surface area contributed by atoms with Crippen molar-refractivity contribution in [2.24, 2.45) is 5.73 Å². The molecule has 0 atom stereocenters. The lowest BCUT2D eigenvalue weighted by atomic mass is 10.1. The van der Waals surface area contributed by atoms with Crippen LogP contribution >= 0.6 is 0 Å². The van der Waals surface area contributed by atoms with Gasteiger partial charge in [-0.3, -0.25) is 4.98 Å². The summed E-state index contributed by atoms with van der Waals surface area (Å²) < 4.78 is 42.7. The number of halogens is 3. The highest BCUT2D eigenvalue weighted by molar-refractivity contribution is 5.57. The standard InChI is InChI=1S/C9H7F3N4O/c10-9(11,12)6-1-2-14-4-5(6)8-15-7(3-13)16-17-8/h1-2,4H,3,13H2. The quantitative estimate of drug-likeness (QED) is 0.868. The molecule has 0 spiro atoms. The van der Waals surface area contributed by atoms with Crippen LogP contribution in [0.25, 0.3) is 11.5 Å². The molecule has 0 aliphatic rings. The predicted octanol–water partition coefficient (Wildman–Crippen LogP) is 1.61. The fraction of sp³-hybridized carbons (Fsp3) is 0.222. The first-order valence-electron chi connectivity index (χ1n) is 4.56. The fourth-order valence-corrected chi connectivity index (χ4v) is 1.26. The van der Waals surface area contributed by atoms with Gasteiger partial charge in [-0.15, -0.1) is 0 Å². The molecule has 0 aliphatic heterocycles. The third-order valence-electron chi connectivity index (χ3n) is 2.01. The van der Waals surface area contributed by atoms with Gasteiger partial charge in [-0.05, 0) is 6.07 Å². The van der Waals surface area contributed by atoms with Gasteiger partial charge in [0.2, 0.25) is 0 Å². The zero-order valence-corrected chi connectivity index (χ0v) is 8.40. The first-order chi connectivity index (χ1) is 8.02. The van der Waals surface area contributed by atoms with Crippen LogP contribution in [-0.2, 0) is 12.7 Å². The van der Waals surface area contributed by atoms with Gasteiger partial charge < -0.3 is 10.3 Å². The highest BCUT2D eigenvalue weighted by atomic mass is 19.4. The number of rotatable bonds is 2. The van der Waals surface area contributed by atoms with Gasteiger partial charge in [0.1, 0.15) is 0 Å². The number of aromatic nitrogens is 3. The Hall–Kier alpha value is -1.96. The minimum atomic E-state index is -4.50. The van der Waals surface area contributed by atoms with E-state index >= 15 is 0 Å². The molecule has 0 saturated carbocycles. The normalized spacial score (nSPS) is 11.8. The molecule has 0 aromatic carbocycles. The maximum atomic E-state index is 12.7.